The van der Waals surface area contributed by atoms with E-state index < -0.39 is 0 Å². The van der Waals surface area contributed by atoms with Crippen LogP contribution >= 0.6 is 0 Å². The Bertz CT molecular complexity index is 565. The second kappa shape index (κ2) is 3.46. The third-order valence-corrected chi connectivity index (χ3v) is 4.02. The van der Waals surface area contributed by atoms with Crippen molar-refractivity contribution in [3.8, 4) is 0 Å². The van der Waals surface area contributed by atoms with Crippen LogP contribution in [0.4, 0.5) is 0 Å². The predicted octanol–water partition coefficient (Wildman–Crippen LogP) is 4.64. The molecule has 1 aromatic rings. The van der Waals surface area contributed by atoms with Gasteiger partial charge >= 0.3 is 0 Å². The Morgan fingerprint density at radius 3 is 2.65 bits per heavy atom. The average Bonchev–Trinajstić information content (AvgIpc) is 2.45. The molecule has 3 rings (SSSR count). The Balaban J connectivity index is 2.30. The van der Waals surface area contributed by atoms with E-state index in [-0.39, 0.29) is 5.41 Å². The maximum atomic E-state index is 2.41. The maximum Gasteiger partial charge on any atom is 0.0155 e. The van der Waals surface area contributed by atoms with E-state index in [1.165, 1.54) is 27.8 Å². The van der Waals surface area contributed by atoms with Gasteiger partial charge in [0, 0.05) is 5.41 Å². The van der Waals surface area contributed by atoms with Crippen LogP contribution in [-0.4, -0.2) is 0 Å². The second-order valence-electron chi connectivity index (χ2n) is 5.59. The molecule has 0 radical (unpaired) electrons. The first-order chi connectivity index (χ1) is 8.10. The zero-order valence-electron chi connectivity index (χ0n) is 10.7. The predicted molar refractivity (Wildman–Crippen MR) is 73.9 cm³/mol. The molecule has 0 saturated carbocycles. The molecular weight excluding hydrogens is 204 g/mol. The van der Waals surface area contributed by atoms with Crippen LogP contribution in [0.25, 0.3) is 5.57 Å². The molecule has 0 saturated heterocycles. The van der Waals surface area contributed by atoms with Crippen LogP contribution in [0.1, 0.15) is 38.3 Å². The SMILES string of the molecule is CC1=CC=C2C(=CC1)C(C)(C)c1ccccc12. The molecule has 0 aliphatic heterocycles. The van der Waals surface area contributed by atoms with Gasteiger partial charge in [-0.2, -0.15) is 0 Å². The highest BCUT2D eigenvalue weighted by molar-refractivity contribution is 5.90. The summed E-state index contributed by atoms with van der Waals surface area (Å²) in [5.74, 6) is 0. The van der Waals surface area contributed by atoms with Crippen molar-refractivity contribution < 1.29 is 0 Å². The molecule has 1 aromatic carbocycles. The molecule has 0 nitrogen and oxygen atoms in total. The third kappa shape index (κ3) is 1.44. The lowest BCUT2D eigenvalue weighted by Crippen LogP contribution is -2.14. The van der Waals surface area contributed by atoms with Crippen LogP contribution in [-0.2, 0) is 5.41 Å². The van der Waals surface area contributed by atoms with Crippen LogP contribution in [0, 0.1) is 0 Å². The molecule has 0 heteroatoms. The molecule has 0 spiro atoms. The summed E-state index contributed by atoms with van der Waals surface area (Å²) in [5, 5.41) is 0. The molecule has 2 aliphatic rings. The van der Waals surface area contributed by atoms with Crippen molar-refractivity contribution in [2.24, 2.45) is 0 Å². The topological polar surface area (TPSA) is 0 Å². The van der Waals surface area contributed by atoms with Crippen molar-refractivity contribution in [3.05, 3.63) is 64.8 Å². The Hall–Kier alpha value is -1.56. The van der Waals surface area contributed by atoms with E-state index in [1.807, 2.05) is 0 Å². The maximum absolute atomic E-state index is 2.41. The summed E-state index contributed by atoms with van der Waals surface area (Å²) in [5.41, 5.74) is 7.38. The van der Waals surface area contributed by atoms with Gasteiger partial charge in [-0.15, -0.1) is 0 Å². The zero-order valence-corrected chi connectivity index (χ0v) is 10.7. The molecular formula is C17H18. The Labute approximate surface area is 103 Å². The van der Waals surface area contributed by atoms with Gasteiger partial charge in [-0.25, -0.2) is 0 Å². The van der Waals surface area contributed by atoms with Crippen LogP contribution < -0.4 is 0 Å². The van der Waals surface area contributed by atoms with Crippen molar-refractivity contribution in [3.63, 3.8) is 0 Å². The van der Waals surface area contributed by atoms with E-state index in [2.05, 4.69) is 63.3 Å². The number of fused-ring (bicyclic) bond motifs is 3. The van der Waals surface area contributed by atoms with E-state index >= 15 is 0 Å². The first-order valence-corrected chi connectivity index (χ1v) is 6.29. The summed E-state index contributed by atoms with van der Waals surface area (Å²) in [7, 11) is 0. The lowest BCUT2D eigenvalue weighted by molar-refractivity contribution is 0.658. The zero-order chi connectivity index (χ0) is 12.0. The fraction of sp³-hybridized carbons (Fsp3) is 0.294. The van der Waals surface area contributed by atoms with Gasteiger partial charge in [0.25, 0.3) is 0 Å². The molecule has 0 fully saturated rings. The van der Waals surface area contributed by atoms with E-state index in [1.54, 1.807) is 0 Å². The summed E-state index contributed by atoms with van der Waals surface area (Å²) in [4.78, 5) is 0. The largest absolute Gasteiger partial charge is 0.0757 e. The van der Waals surface area contributed by atoms with Gasteiger partial charge in [0.1, 0.15) is 0 Å². The molecule has 0 amide bonds. The quantitative estimate of drug-likeness (QED) is 0.600. The van der Waals surface area contributed by atoms with E-state index in [9.17, 15) is 0 Å². The van der Waals surface area contributed by atoms with Crippen LogP contribution in [0.15, 0.2) is 53.6 Å². The molecule has 17 heavy (non-hydrogen) atoms. The summed E-state index contributed by atoms with van der Waals surface area (Å²) in [6.45, 7) is 6.87. The van der Waals surface area contributed by atoms with Gasteiger partial charge in [-0.1, -0.05) is 61.9 Å². The number of benzene rings is 1. The van der Waals surface area contributed by atoms with E-state index in [0.717, 1.165) is 6.42 Å². The van der Waals surface area contributed by atoms with E-state index in [4.69, 9.17) is 0 Å². The molecule has 2 aliphatic carbocycles. The highest BCUT2D eigenvalue weighted by Gasteiger charge is 2.37. The van der Waals surface area contributed by atoms with Crippen molar-refractivity contribution in [1.29, 1.82) is 0 Å². The smallest absolute Gasteiger partial charge is 0.0155 e. The van der Waals surface area contributed by atoms with Crippen molar-refractivity contribution in [2.45, 2.75) is 32.6 Å². The van der Waals surface area contributed by atoms with Gasteiger partial charge in [0.05, 0.1) is 0 Å². The Kier molecular flexibility index (Phi) is 2.16. The van der Waals surface area contributed by atoms with Crippen LogP contribution in [0.3, 0.4) is 0 Å². The van der Waals surface area contributed by atoms with E-state index in [0.29, 0.717) is 0 Å². The van der Waals surface area contributed by atoms with Crippen molar-refractivity contribution in [2.75, 3.05) is 0 Å². The monoisotopic (exact) mass is 222 g/mol. The Morgan fingerprint density at radius 1 is 1.06 bits per heavy atom. The van der Waals surface area contributed by atoms with Gasteiger partial charge in [0.2, 0.25) is 0 Å². The standard InChI is InChI=1S/C17H18/c1-12-8-10-14-13-6-4-5-7-15(13)17(2,3)16(14)11-9-12/h4-8,10-11H,9H2,1-3H3. The van der Waals surface area contributed by atoms with Crippen LogP contribution in [0.2, 0.25) is 0 Å². The third-order valence-electron chi connectivity index (χ3n) is 4.02. The van der Waals surface area contributed by atoms with Crippen molar-refractivity contribution >= 4 is 5.57 Å². The van der Waals surface area contributed by atoms with Crippen molar-refractivity contribution in [1.82, 2.24) is 0 Å². The van der Waals surface area contributed by atoms with Crippen LogP contribution in [0.5, 0.6) is 0 Å². The molecule has 0 heterocycles. The second-order valence-corrected chi connectivity index (χ2v) is 5.59. The lowest BCUT2D eigenvalue weighted by atomic mass is 9.82. The Morgan fingerprint density at radius 2 is 1.82 bits per heavy atom. The lowest BCUT2D eigenvalue weighted by Gasteiger charge is -2.21. The molecule has 0 atom stereocenters. The average molecular weight is 222 g/mol. The van der Waals surface area contributed by atoms with Gasteiger partial charge in [0.15, 0.2) is 0 Å². The first-order valence-electron chi connectivity index (χ1n) is 6.29. The molecule has 0 bridgehead atoms. The normalized spacial score (nSPS) is 20.8. The summed E-state index contributed by atoms with van der Waals surface area (Å²) < 4.78 is 0. The number of rotatable bonds is 0. The number of allylic oxidation sites excluding steroid dienone is 6. The highest BCUT2D eigenvalue weighted by Crippen LogP contribution is 2.50. The summed E-state index contributed by atoms with van der Waals surface area (Å²) >= 11 is 0. The number of hydrogen-bond acceptors (Lipinski definition) is 0. The first kappa shape index (κ1) is 10.6. The summed E-state index contributed by atoms with van der Waals surface area (Å²) in [6.07, 6.45) is 8.04. The summed E-state index contributed by atoms with van der Waals surface area (Å²) in [6, 6.07) is 8.80. The minimum atomic E-state index is 0.154. The molecule has 0 aromatic heterocycles. The molecule has 86 valence electrons. The van der Waals surface area contributed by atoms with Gasteiger partial charge < -0.3 is 0 Å². The molecule has 0 unspecified atom stereocenters. The number of hydrogen-bond donors (Lipinski definition) is 0. The fourth-order valence-electron chi connectivity index (χ4n) is 2.99. The van der Waals surface area contributed by atoms with Gasteiger partial charge in [-0.05, 0) is 35.6 Å². The highest BCUT2D eigenvalue weighted by atomic mass is 14.4. The molecule has 0 N–H and O–H groups in total. The fourth-order valence-corrected chi connectivity index (χ4v) is 2.99. The minimum Gasteiger partial charge on any atom is -0.0757 e. The van der Waals surface area contributed by atoms with Gasteiger partial charge in [-0.3, -0.25) is 0 Å². The minimum absolute atomic E-state index is 0.154.